The van der Waals surface area contributed by atoms with Crippen molar-refractivity contribution in [3.63, 3.8) is 0 Å². The van der Waals surface area contributed by atoms with Crippen molar-refractivity contribution in [3.8, 4) is 5.75 Å². The lowest BCUT2D eigenvalue weighted by Crippen LogP contribution is -2.22. The molecule has 0 spiro atoms. The number of carbonyl (C=O) groups excluding carboxylic acids is 1. The summed E-state index contributed by atoms with van der Waals surface area (Å²) in [5.41, 5.74) is 3.62. The van der Waals surface area contributed by atoms with Crippen molar-refractivity contribution < 1.29 is 28.5 Å². The van der Waals surface area contributed by atoms with Crippen LogP contribution in [0.5, 0.6) is 5.75 Å². The van der Waals surface area contributed by atoms with Crippen molar-refractivity contribution in [3.05, 3.63) is 77.1 Å². The largest absolute Gasteiger partial charge is 0.494 e. The molecule has 7 nitrogen and oxygen atoms in total. The second-order valence-corrected chi connectivity index (χ2v) is 8.46. The van der Waals surface area contributed by atoms with Crippen molar-refractivity contribution in [1.29, 1.82) is 0 Å². The van der Waals surface area contributed by atoms with Gasteiger partial charge in [-0.25, -0.2) is 9.38 Å². The van der Waals surface area contributed by atoms with Crippen LogP contribution in [0.2, 0.25) is 0 Å². The first-order valence-electron chi connectivity index (χ1n) is 12.4. The molecule has 0 radical (unpaired) electrons. The summed E-state index contributed by atoms with van der Waals surface area (Å²) in [6, 6.07) is 8.37. The van der Waals surface area contributed by atoms with Gasteiger partial charge in [-0.1, -0.05) is 19.9 Å². The molecule has 3 rings (SSSR count). The van der Waals surface area contributed by atoms with Gasteiger partial charge in [-0.3, -0.25) is 9.79 Å². The molecule has 1 aliphatic rings. The van der Waals surface area contributed by atoms with Crippen LogP contribution in [0.3, 0.4) is 0 Å². The molecular weight excluding hydrogens is 492 g/mol. The number of hydrogen-bond acceptors (Lipinski definition) is 6. The van der Waals surface area contributed by atoms with Crippen LogP contribution < -0.4 is 10.1 Å². The van der Waals surface area contributed by atoms with Gasteiger partial charge in [-0.15, -0.1) is 0 Å². The van der Waals surface area contributed by atoms with Gasteiger partial charge >= 0.3 is 0 Å². The molecule has 9 heteroatoms. The number of rotatable bonds is 9. The number of aliphatic hydroxyl groups excluding tert-OH is 2. The summed E-state index contributed by atoms with van der Waals surface area (Å²) in [4.78, 5) is 20.7. The average Bonchev–Trinajstić information content (AvgIpc) is 3.41. The molecule has 0 amide bonds. The lowest BCUT2D eigenvalue weighted by Gasteiger charge is -2.13. The number of methoxy groups -OCH3 is 1. The van der Waals surface area contributed by atoms with Gasteiger partial charge in [0.2, 0.25) is 5.82 Å². The molecule has 1 atom stereocenters. The molecular formula is C29H35F2N3O4. The molecule has 3 N–H and O–H groups in total. The number of ether oxygens (including phenoxy) is 1. The SMILES string of the molecule is C/C=C\N=C(Nc1ccc(C(C)=O)c(CC)c1)C1=NC=C(c2ccc(OC)c(F)c2F)C1.CCC(O)CO. The third-order valence-electron chi connectivity index (χ3n) is 5.78. The van der Waals surface area contributed by atoms with E-state index in [9.17, 15) is 13.6 Å². The number of hydrogen-bond donors (Lipinski definition) is 3. The normalized spacial score (nSPS) is 14.0. The Kier molecular flexibility index (Phi) is 12.0. The van der Waals surface area contributed by atoms with Crippen LogP contribution in [-0.2, 0) is 6.42 Å². The lowest BCUT2D eigenvalue weighted by atomic mass is 10.0. The van der Waals surface area contributed by atoms with Crippen LogP contribution in [0.4, 0.5) is 14.5 Å². The molecule has 1 unspecified atom stereocenters. The minimum Gasteiger partial charge on any atom is -0.494 e. The highest BCUT2D eigenvalue weighted by Crippen LogP contribution is 2.31. The zero-order valence-electron chi connectivity index (χ0n) is 22.4. The van der Waals surface area contributed by atoms with Crippen molar-refractivity contribution >= 4 is 28.6 Å². The predicted octanol–water partition coefficient (Wildman–Crippen LogP) is 5.72. The fourth-order valence-electron chi connectivity index (χ4n) is 3.58. The van der Waals surface area contributed by atoms with Crippen LogP contribution in [0.1, 0.15) is 62.0 Å². The summed E-state index contributed by atoms with van der Waals surface area (Å²) in [7, 11) is 1.29. The van der Waals surface area contributed by atoms with Crippen molar-refractivity contribution in [2.75, 3.05) is 19.0 Å². The summed E-state index contributed by atoms with van der Waals surface area (Å²) >= 11 is 0. The first-order chi connectivity index (χ1) is 18.2. The van der Waals surface area contributed by atoms with E-state index >= 15 is 0 Å². The fraction of sp³-hybridized carbons (Fsp3) is 0.345. The number of carbonyl (C=O) groups is 1. The Labute approximate surface area is 222 Å². The Morgan fingerprint density at radius 1 is 1.24 bits per heavy atom. The van der Waals surface area contributed by atoms with Crippen LogP contribution in [-0.4, -0.2) is 47.4 Å². The van der Waals surface area contributed by atoms with Gasteiger partial charge in [-0.05, 0) is 68.2 Å². The van der Waals surface area contributed by atoms with Crippen LogP contribution >= 0.6 is 0 Å². The van der Waals surface area contributed by atoms with E-state index in [4.69, 9.17) is 14.9 Å². The number of allylic oxidation sites excluding steroid dienone is 2. The molecule has 38 heavy (non-hydrogen) atoms. The molecule has 204 valence electrons. The van der Waals surface area contributed by atoms with Crippen molar-refractivity contribution in [1.82, 2.24) is 0 Å². The van der Waals surface area contributed by atoms with Gasteiger partial charge in [0.15, 0.2) is 23.2 Å². The Morgan fingerprint density at radius 2 is 1.97 bits per heavy atom. The molecule has 1 aliphatic heterocycles. The van der Waals surface area contributed by atoms with E-state index < -0.39 is 17.7 Å². The number of nitrogens with one attached hydrogen (secondary N) is 1. The summed E-state index contributed by atoms with van der Waals surface area (Å²) in [6.45, 7) is 7.08. The smallest absolute Gasteiger partial charge is 0.201 e. The molecule has 0 aromatic heterocycles. The van der Waals surface area contributed by atoms with Gasteiger partial charge in [0.25, 0.3) is 0 Å². The van der Waals surface area contributed by atoms with E-state index in [1.54, 1.807) is 25.3 Å². The van der Waals surface area contributed by atoms with Crippen molar-refractivity contribution in [2.45, 2.75) is 53.1 Å². The highest BCUT2D eigenvalue weighted by Gasteiger charge is 2.23. The van der Waals surface area contributed by atoms with E-state index in [1.165, 1.54) is 25.4 Å². The zero-order chi connectivity index (χ0) is 28.2. The lowest BCUT2D eigenvalue weighted by molar-refractivity contribution is 0.0923. The molecule has 0 bridgehead atoms. The molecule has 0 fully saturated rings. The second kappa shape index (κ2) is 14.9. The molecule has 0 saturated carbocycles. The van der Waals surface area contributed by atoms with Crippen LogP contribution in [0, 0.1) is 11.6 Å². The average molecular weight is 528 g/mol. The minimum absolute atomic E-state index is 0.0129. The number of aryl methyl sites for hydroxylation is 1. The summed E-state index contributed by atoms with van der Waals surface area (Å²) in [5, 5.41) is 19.7. The highest BCUT2D eigenvalue weighted by atomic mass is 19.2. The Hall–Kier alpha value is -3.69. The van der Waals surface area contributed by atoms with Gasteiger partial charge in [0, 0.05) is 35.6 Å². The highest BCUT2D eigenvalue weighted by molar-refractivity contribution is 6.48. The van der Waals surface area contributed by atoms with E-state index in [0.717, 1.165) is 11.3 Å². The Balaban J connectivity index is 0.000000757. The molecule has 2 aromatic rings. The van der Waals surface area contributed by atoms with Gasteiger partial charge in [0.1, 0.15) is 0 Å². The van der Waals surface area contributed by atoms with E-state index in [0.29, 0.717) is 35.5 Å². The Bertz CT molecular complexity index is 1250. The monoisotopic (exact) mass is 527 g/mol. The zero-order valence-corrected chi connectivity index (χ0v) is 22.4. The number of benzene rings is 2. The fourth-order valence-corrected chi connectivity index (χ4v) is 3.58. The topological polar surface area (TPSA) is 104 Å². The third kappa shape index (κ3) is 7.90. The number of halogens is 2. The molecule has 2 aromatic carbocycles. The minimum atomic E-state index is -1.03. The number of nitrogens with zero attached hydrogens (tertiary/aromatic N) is 2. The maximum atomic E-state index is 14.5. The van der Waals surface area contributed by atoms with E-state index in [2.05, 4.69) is 15.3 Å². The van der Waals surface area contributed by atoms with Gasteiger partial charge in [-0.2, -0.15) is 4.39 Å². The van der Waals surface area contributed by atoms with E-state index in [1.807, 2.05) is 32.9 Å². The van der Waals surface area contributed by atoms with E-state index in [-0.39, 0.29) is 30.1 Å². The standard InChI is InChI=1S/C25H25F2N3O2.C4H10O2/c1-5-11-28-25(30-18-7-8-19(15(3)31)16(6-2)12-18)21-13-17(14-29-21)20-9-10-22(32-4)24(27)23(20)26;1-2-4(6)3-5/h5,7-12,14H,6,13H2,1-4H3,(H,28,30);4-6H,2-3H2,1H3/b11-5-;. The number of aliphatic hydroxyl groups is 2. The first kappa shape index (κ1) is 30.5. The Morgan fingerprint density at radius 3 is 2.53 bits per heavy atom. The summed E-state index contributed by atoms with van der Waals surface area (Å²) in [5.74, 6) is -1.65. The first-order valence-corrected chi connectivity index (χ1v) is 12.4. The third-order valence-corrected chi connectivity index (χ3v) is 5.78. The molecule has 1 heterocycles. The second-order valence-electron chi connectivity index (χ2n) is 8.46. The number of amidine groups is 1. The number of ketones is 1. The van der Waals surface area contributed by atoms with Crippen LogP contribution in [0.15, 0.2) is 58.8 Å². The summed E-state index contributed by atoms with van der Waals surface area (Å²) in [6.07, 6.45) is 6.03. The summed E-state index contributed by atoms with van der Waals surface area (Å²) < 4.78 is 33.5. The predicted molar refractivity (Wildman–Crippen MR) is 148 cm³/mol. The van der Waals surface area contributed by atoms with Crippen molar-refractivity contribution in [2.24, 2.45) is 9.98 Å². The quantitative estimate of drug-likeness (QED) is 0.220. The molecule has 0 aliphatic carbocycles. The number of Topliss-reactive ketones (excluding diaryl/α,β-unsaturated/α-hetero) is 1. The van der Waals surface area contributed by atoms with Gasteiger partial charge in [0.05, 0.1) is 25.5 Å². The van der Waals surface area contributed by atoms with Gasteiger partial charge < -0.3 is 20.3 Å². The molecule has 0 saturated heterocycles. The number of anilines is 1. The number of aliphatic imine (C=N–C) groups is 2. The maximum Gasteiger partial charge on any atom is 0.201 e. The van der Waals surface area contributed by atoms with Crippen LogP contribution in [0.25, 0.3) is 5.57 Å². The maximum absolute atomic E-state index is 14.5.